The Morgan fingerprint density at radius 1 is 1.08 bits per heavy atom. The lowest BCUT2D eigenvalue weighted by Gasteiger charge is -2.30. The van der Waals surface area contributed by atoms with Crippen LogP contribution in [0.4, 0.5) is 8.78 Å². The monoisotopic (exact) mass is 356 g/mol. The molecule has 0 bridgehead atoms. The summed E-state index contributed by atoms with van der Waals surface area (Å²) < 4.78 is 32.2. The van der Waals surface area contributed by atoms with Crippen LogP contribution in [0.5, 0.6) is 0 Å². The summed E-state index contributed by atoms with van der Waals surface area (Å²) in [6.45, 7) is 2.09. The number of halogens is 2. The summed E-state index contributed by atoms with van der Waals surface area (Å²) in [7, 11) is 0. The lowest BCUT2D eigenvalue weighted by atomic mass is 9.96. The molecule has 0 spiro atoms. The van der Waals surface area contributed by atoms with Gasteiger partial charge in [0, 0.05) is 42.0 Å². The van der Waals surface area contributed by atoms with E-state index in [2.05, 4.69) is 20.0 Å². The van der Waals surface area contributed by atoms with Crippen molar-refractivity contribution in [1.82, 2.24) is 20.0 Å². The molecule has 0 atom stereocenters. The molecule has 5 nitrogen and oxygen atoms in total. The van der Waals surface area contributed by atoms with Crippen LogP contribution in [-0.2, 0) is 6.54 Å². The Morgan fingerprint density at radius 3 is 2.58 bits per heavy atom. The molecule has 3 heterocycles. The molecule has 1 aliphatic heterocycles. The highest BCUT2D eigenvalue weighted by atomic mass is 19.1. The minimum Gasteiger partial charge on any atom is -0.334 e. The van der Waals surface area contributed by atoms with E-state index in [9.17, 15) is 8.78 Å². The average Bonchev–Trinajstić information content (AvgIpc) is 3.16. The normalized spacial score (nSPS) is 16.1. The Hall–Kier alpha value is -2.67. The second kappa shape index (κ2) is 7.29. The topological polar surface area (TPSA) is 55.1 Å². The lowest BCUT2D eigenvalue weighted by Crippen LogP contribution is -2.33. The van der Waals surface area contributed by atoms with Gasteiger partial charge in [0.1, 0.15) is 11.6 Å². The van der Waals surface area contributed by atoms with Crippen molar-refractivity contribution in [3.8, 4) is 11.5 Å². The highest BCUT2D eigenvalue weighted by Crippen LogP contribution is 2.28. The molecule has 134 valence electrons. The van der Waals surface area contributed by atoms with Gasteiger partial charge in [0.15, 0.2) is 5.82 Å². The van der Waals surface area contributed by atoms with Crippen molar-refractivity contribution in [2.75, 3.05) is 13.1 Å². The van der Waals surface area contributed by atoms with Crippen molar-refractivity contribution in [3.63, 3.8) is 0 Å². The van der Waals surface area contributed by atoms with Crippen LogP contribution in [0.15, 0.2) is 47.2 Å². The van der Waals surface area contributed by atoms with E-state index < -0.39 is 11.6 Å². The quantitative estimate of drug-likeness (QED) is 0.712. The average molecular weight is 356 g/mol. The summed E-state index contributed by atoms with van der Waals surface area (Å²) in [4.78, 5) is 10.7. The Balaban J connectivity index is 1.37. The molecule has 0 unspecified atom stereocenters. The van der Waals surface area contributed by atoms with Crippen LogP contribution >= 0.6 is 0 Å². The fourth-order valence-corrected chi connectivity index (χ4v) is 3.25. The molecular formula is C19H18F2N4O. The Kier molecular flexibility index (Phi) is 4.71. The van der Waals surface area contributed by atoms with Crippen molar-refractivity contribution in [3.05, 3.63) is 65.7 Å². The van der Waals surface area contributed by atoms with Crippen LogP contribution in [-0.4, -0.2) is 33.1 Å². The first-order valence-corrected chi connectivity index (χ1v) is 8.59. The lowest BCUT2D eigenvalue weighted by molar-refractivity contribution is 0.198. The zero-order valence-electron chi connectivity index (χ0n) is 14.1. The van der Waals surface area contributed by atoms with Crippen molar-refractivity contribution in [1.29, 1.82) is 0 Å². The Bertz CT molecular complexity index is 876. The number of rotatable bonds is 4. The van der Waals surface area contributed by atoms with Crippen LogP contribution in [0.3, 0.4) is 0 Å². The Morgan fingerprint density at radius 2 is 1.85 bits per heavy atom. The van der Waals surface area contributed by atoms with E-state index >= 15 is 0 Å². The SMILES string of the molecule is Fc1ccc(CN2CCC(c3noc(-c4ccncc4)n3)CC2)c(F)c1. The van der Waals surface area contributed by atoms with E-state index in [0.29, 0.717) is 23.8 Å². The van der Waals surface area contributed by atoms with Gasteiger partial charge >= 0.3 is 0 Å². The van der Waals surface area contributed by atoms with Gasteiger partial charge in [-0.25, -0.2) is 8.78 Å². The second-order valence-electron chi connectivity index (χ2n) is 6.48. The summed E-state index contributed by atoms with van der Waals surface area (Å²) >= 11 is 0. The van der Waals surface area contributed by atoms with Crippen LogP contribution in [0.1, 0.15) is 30.1 Å². The van der Waals surface area contributed by atoms with Gasteiger partial charge in [-0.3, -0.25) is 9.88 Å². The summed E-state index contributed by atoms with van der Waals surface area (Å²) in [6, 6.07) is 7.40. The predicted molar refractivity (Wildman–Crippen MR) is 91.1 cm³/mol. The van der Waals surface area contributed by atoms with Crippen molar-refractivity contribution in [2.45, 2.75) is 25.3 Å². The zero-order chi connectivity index (χ0) is 17.9. The molecule has 0 N–H and O–H groups in total. The molecule has 1 fully saturated rings. The number of likely N-dealkylation sites (tertiary alicyclic amines) is 1. The maximum Gasteiger partial charge on any atom is 0.258 e. The van der Waals surface area contributed by atoms with Gasteiger partial charge in [0.05, 0.1) is 0 Å². The van der Waals surface area contributed by atoms with Crippen molar-refractivity contribution in [2.24, 2.45) is 0 Å². The first-order chi connectivity index (χ1) is 12.7. The molecule has 1 saturated heterocycles. The van der Waals surface area contributed by atoms with E-state index in [1.807, 2.05) is 12.1 Å². The minimum absolute atomic E-state index is 0.226. The van der Waals surface area contributed by atoms with Crippen molar-refractivity contribution < 1.29 is 13.3 Å². The molecule has 3 aromatic rings. The molecule has 0 aliphatic carbocycles. The first-order valence-electron chi connectivity index (χ1n) is 8.59. The fraction of sp³-hybridized carbons (Fsp3) is 0.316. The van der Waals surface area contributed by atoms with Gasteiger partial charge in [-0.2, -0.15) is 4.98 Å². The molecular weight excluding hydrogens is 338 g/mol. The van der Waals surface area contributed by atoms with E-state index in [1.54, 1.807) is 12.4 Å². The molecule has 2 aromatic heterocycles. The predicted octanol–water partition coefficient (Wildman–Crippen LogP) is 3.79. The van der Waals surface area contributed by atoms with E-state index in [4.69, 9.17) is 4.52 Å². The molecule has 26 heavy (non-hydrogen) atoms. The summed E-state index contributed by atoms with van der Waals surface area (Å²) in [5, 5.41) is 4.12. The van der Waals surface area contributed by atoms with Crippen molar-refractivity contribution >= 4 is 0 Å². The molecule has 7 heteroatoms. The third-order valence-corrected chi connectivity index (χ3v) is 4.73. The Labute approximate surface area is 149 Å². The molecule has 0 radical (unpaired) electrons. The van der Waals surface area contributed by atoms with Crippen LogP contribution in [0, 0.1) is 11.6 Å². The molecule has 1 aromatic carbocycles. The van der Waals surface area contributed by atoms with Crippen LogP contribution in [0.25, 0.3) is 11.5 Å². The van der Waals surface area contributed by atoms with Gasteiger partial charge in [-0.15, -0.1) is 0 Å². The highest BCUT2D eigenvalue weighted by molar-refractivity contribution is 5.51. The fourth-order valence-electron chi connectivity index (χ4n) is 3.25. The number of benzene rings is 1. The second-order valence-corrected chi connectivity index (χ2v) is 6.48. The van der Waals surface area contributed by atoms with Gasteiger partial charge in [-0.05, 0) is 44.1 Å². The zero-order valence-corrected chi connectivity index (χ0v) is 14.1. The highest BCUT2D eigenvalue weighted by Gasteiger charge is 2.25. The maximum absolute atomic E-state index is 13.8. The molecule has 1 aliphatic rings. The largest absolute Gasteiger partial charge is 0.334 e. The molecule has 0 amide bonds. The number of pyridine rings is 1. The number of piperidine rings is 1. The van der Waals surface area contributed by atoms with Gasteiger partial charge in [0.2, 0.25) is 0 Å². The summed E-state index contributed by atoms with van der Waals surface area (Å²) in [5.41, 5.74) is 1.37. The molecule has 4 rings (SSSR count). The number of hydrogen-bond acceptors (Lipinski definition) is 5. The van der Waals surface area contributed by atoms with Crippen LogP contribution < -0.4 is 0 Å². The number of aromatic nitrogens is 3. The van der Waals surface area contributed by atoms with E-state index in [0.717, 1.165) is 37.6 Å². The van der Waals surface area contributed by atoms with E-state index in [1.165, 1.54) is 12.1 Å². The van der Waals surface area contributed by atoms with E-state index in [-0.39, 0.29) is 5.92 Å². The third-order valence-electron chi connectivity index (χ3n) is 4.73. The standard InChI is InChI=1S/C19H18F2N4O/c20-16-2-1-15(17(21)11-16)12-25-9-5-13(6-10-25)18-23-19(26-24-18)14-3-7-22-8-4-14/h1-4,7-8,11,13H,5-6,9-10,12H2. The summed E-state index contributed by atoms with van der Waals surface area (Å²) in [6.07, 6.45) is 5.12. The van der Waals surface area contributed by atoms with Gasteiger partial charge in [-0.1, -0.05) is 11.2 Å². The number of nitrogens with zero attached hydrogens (tertiary/aromatic N) is 4. The number of hydrogen-bond donors (Lipinski definition) is 0. The smallest absolute Gasteiger partial charge is 0.258 e. The molecule has 0 saturated carbocycles. The minimum atomic E-state index is -0.549. The first kappa shape index (κ1) is 16.8. The third kappa shape index (κ3) is 3.62. The van der Waals surface area contributed by atoms with Gasteiger partial charge in [0.25, 0.3) is 5.89 Å². The van der Waals surface area contributed by atoms with Crippen LogP contribution in [0.2, 0.25) is 0 Å². The van der Waals surface area contributed by atoms with Gasteiger partial charge < -0.3 is 4.52 Å². The maximum atomic E-state index is 13.8. The summed E-state index contributed by atoms with van der Waals surface area (Å²) in [5.74, 6) is 0.394.